The molecule has 504 valence electrons. The van der Waals surface area contributed by atoms with E-state index in [1.54, 1.807) is 53.4 Å². The Morgan fingerprint density at radius 3 is 1.13 bits per heavy atom. The SMILES string of the molecule is C.CC(=O)[C@@H]1CC(=O)CN1C(=O)OC(C)(C)C.CC(=O)[C@@H]1C[C@@H](O)CN1C(=O)OC(C)(C)C.CC=C1C[C@@H](C(C)=O)N(C(=O)OC(C)(C)C)C1.CCC1C[C@@H](C(C)=O)N(C(=O)OC(C)(C)C)C1.CCP(Br)(c1ccccc1)(c1ccccc1)c1ccccc1.[Li+].[OH-]. The van der Waals surface area contributed by atoms with E-state index in [2.05, 4.69) is 120 Å². The molecule has 2 N–H and O–H groups in total. The Balaban J connectivity index is 0.00000111. The van der Waals surface area contributed by atoms with Crippen LogP contribution in [0.25, 0.3) is 0 Å². The van der Waals surface area contributed by atoms with E-state index in [4.69, 9.17) is 18.9 Å². The number of nitrogens with zero attached hydrogens (tertiary/aromatic N) is 4. The number of aliphatic hydroxyl groups excluding tert-OH is 1. The standard InChI is InChI=1S/C20H20BrP.C13H23NO3.C13H21NO3.C11H19NO4.C11H17NO4.CH4.Li.H2O/c1-2-22(21,18-12-6-3-7-13-18,19-14-8-4-9-15-19)20-16-10-5-11-17-20;2*1-6-10-7-11(9(2)15)14(8-10)12(16)17-13(3,4)5;2*1-7(13)9-5-8(14)6-12(9)10(15)16-11(2,3)4;;;/h3-17H,2H2,1H3;10-11H,6-8H2,1-5H3;6,11H,7-8H2,1-5H3;8-9,14H,5-6H2,1-4H3;9H,5-6H2,1-4H3;1H4;;1H2/q;;;;;;+1;/p-1/t;10?,11-;11-;8-,9+;9-;;;/m.0010.../s1. The minimum Gasteiger partial charge on any atom is -0.870 e. The fourth-order valence-electron chi connectivity index (χ4n) is 10.5. The largest absolute Gasteiger partial charge is 1.00 e. The van der Waals surface area contributed by atoms with Gasteiger partial charge >= 0.3 is 184 Å². The van der Waals surface area contributed by atoms with E-state index in [9.17, 15) is 48.3 Å². The molecular weight excluding hydrogens is 1240 g/mol. The summed E-state index contributed by atoms with van der Waals surface area (Å²) in [7, 11) is 0. The van der Waals surface area contributed by atoms with Crippen molar-refractivity contribution >= 4 is 90.0 Å². The van der Waals surface area contributed by atoms with Gasteiger partial charge in [-0.3, -0.25) is 43.6 Å². The first kappa shape index (κ1) is 85.3. The third kappa shape index (κ3) is 25.3. The molecule has 4 saturated heterocycles. The summed E-state index contributed by atoms with van der Waals surface area (Å²) in [6.45, 7) is 34.9. The zero-order valence-corrected chi connectivity index (χ0v) is 59.6. The summed E-state index contributed by atoms with van der Waals surface area (Å²) in [5.74, 6) is 0.0566. The van der Waals surface area contributed by atoms with Crippen LogP contribution >= 0.6 is 20.8 Å². The maximum absolute atomic E-state index is 12.0. The molecule has 3 aromatic rings. The number of rotatable bonds is 9. The molecule has 4 fully saturated rings. The van der Waals surface area contributed by atoms with E-state index in [-0.39, 0.29) is 98.4 Å². The minimum absolute atomic E-state index is 0. The van der Waals surface area contributed by atoms with Gasteiger partial charge in [0, 0.05) is 25.9 Å². The van der Waals surface area contributed by atoms with Crippen LogP contribution in [0.1, 0.15) is 171 Å². The number of β-amino-alcohol motifs (C(OH)–C–C–N with tert-alkyl or cyclic N) is 1. The summed E-state index contributed by atoms with van der Waals surface area (Å²) < 4.78 is 20.9. The third-order valence-corrected chi connectivity index (χ3v) is 25.4. The van der Waals surface area contributed by atoms with Crippen LogP contribution in [0.5, 0.6) is 0 Å². The molecule has 19 nitrogen and oxygen atoms in total. The second-order valence-corrected chi connectivity index (χ2v) is 36.0. The molecule has 22 heteroatoms. The number of carbonyl (C=O) groups excluding carboxylic acids is 9. The molecule has 0 spiro atoms. The molecule has 91 heavy (non-hydrogen) atoms. The minimum atomic E-state index is -2.59. The summed E-state index contributed by atoms with van der Waals surface area (Å²) >= 11 is 4.35. The van der Waals surface area contributed by atoms with Gasteiger partial charge in [-0.1, -0.05) is 32.4 Å². The van der Waals surface area contributed by atoms with Crippen LogP contribution in [0, 0.1) is 5.92 Å². The molecule has 4 amide bonds. The molecule has 1 unspecified atom stereocenters. The number of benzene rings is 3. The van der Waals surface area contributed by atoms with Crippen LogP contribution in [0.4, 0.5) is 19.2 Å². The predicted octanol–water partition coefficient (Wildman–Crippen LogP) is 9.55. The average molecular weight is 1350 g/mol. The summed E-state index contributed by atoms with van der Waals surface area (Å²) in [5, 5.41) is 11.0. The molecule has 4 heterocycles. The Morgan fingerprint density at radius 2 is 0.824 bits per heavy atom. The van der Waals surface area contributed by atoms with Gasteiger partial charge in [-0.05, 0) is 136 Å². The third-order valence-electron chi connectivity index (χ3n) is 14.9. The maximum atomic E-state index is 12.0. The van der Waals surface area contributed by atoms with Crippen molar-refractivity contribution in [2.24, 2.45) is 5.92 Å². The number of hydrogen-bond donors (Lipinski definition) is 1. The second-order valence-electron chi connectivity index (χ2n) is 26.8. The second kappa shape index (κ2) is 36.1. The first-order chi connectivity index (χ1) is 40.6. The van der Waals surface area contributed by atoms with Gasteiger partial charge in [0.15, 0.2) is 28.9 Å². The fraction of sp³-hybridized carbons (Fsp3) is 0.580. The Morgan fingerprint density at radius 1 is 0.516 bits per heavy atom. The van der Waals surface area contributed by atoms with Gasteiger partial charge in [0.2, 0.25) is 0 Å². The van der Waals surface area contributed by atoms with Crippen molar-refractivity contribution in [3.8, 4) is 0 Å². The molecule has 0 radical (unpaired) electrons. The van der Waals surface area contributed by atoms with E-state index in [0.717, 1.165) is 24.6 Å². The van der Waals surface area contributed by atoms with Crippen molar-refractivity contribution in [3.63, 3.8) is 0 Å². The normalized spacial score (nSPS) is 20.4. The van der Waals surface area contributed by atoms with Crippen LogP contribution in [0.2, 0.25) is 0 Å². The molecule has 3 aromatic carbocycles. The first-order valence-electron chi connectivity index (χ1n) is 30.3. The molecule has 0 bridgehead atoms. The molecule has 4 aliphatic rings. The first-order valence-corrected chi connectivity index (χ1v) is 34.8. The van der Waals surface area contributed by atoms with Crippen LogP contribution in [0.3, 0.4) is 0 Å². The molecular formula is C69H105BrLiN4O15P. The molecule has 0 saturated carbocycles. The molecule has 4 aliphatic heterocycles. The number of ether oxygens (including phenoxy) is 4. The van der Waals surface area contributed by atoms with Gasteiger partial charge in [0.1, 0.15) is 28.4 Å². The smallest absolute Gasteiger partial charge is 0.870 e. The number of hydrogen-bond acceptors (Lipinski definition) is 15. The van der Waals surface area contributed by atoms with Crippen molar-refractivity contribution < 1.29 is 91.5 Å². The van der Waals surface area contributed by atoms with E-state index >= 15 is 0 Å². The van der Waals surface area contributed by atoms with Crippen LogP contribution < -0.4 is 34.8 Å². The van der Waals surface area contributed by atoms with E-state index < -0.39 is 64.2 Å². The fourth-order valence-corrected chi connectivity index (χ4v) is 17.0. The number of ketones is 5. The molecule has 6 atom stereocenters. The zero-order chi connectivity index (χ0) is 66.9. The van der Waals surface area contributed by atoms with Gasteiger partial charge in [0.05, 0.1) is 37.3 Å². The molecule has 0 aromatic heterocycles. The van der Waals surface area contributed by atoms with Crippen molar-refractivity contribution in [3.05, 3.63) is 103 Å². The number of aliphatic hydroxyl groups is 1. The monoisotopic (exact) mass is 1350 g/mol. The van der Waals surface area contributed by atoms with Crippen LogP contribution in [-0.2, 0) is 42.9 Å². The topological polar surface area (TPSA) is 254 Å². The average Bonchev–Trinajstić information content (AvgIpc) is 1.48. The number of likely N-dealkylation sites (tertiary alicyclic amines) is 4. The summed E-state index contributed by atoms with van der Waals surface area (Å²) in [4.78, 5) is 110. The predicted molar refractivity (Wildman–Crippen MR) is 360 cm³/mol. The Bertz CT molecular complexity index is 2820. The number of carbonyl (C=O) groups is 9. The summed E-state index contributed by atoms with van der Waals surface area (Å²) in [6.07, 6.45) is 3.25. The van der Waals surface area contributed by atoms with Crippen molar-refractivity contribution in [2.75, 3.05) is 32.3 Å². The molecule has 7 rings (SSSR count). The summed E-state index contributed by atoms with van der Waals surface area (Å²) in [5.41, 5.74) is -1.15. The van der Waals surface area contributed by atoms with Gasteiger partial charge < -0.3 is 29.5 Å². The summed E-state index contributed by atoms with van der Waals surface area (Å²) in [6, 6.07) is 30.8. The quantitative estimate of drug-likeness (QED) is 0.0906. The van der Waals surface area contributed by atoms with Crippen molar-refractivity contribution in [1.29, 1.82) is 0 Å². The van der Waals surface area contributed by atoms with Crippen LogP contribution in [0.15, 0.2) is 103 Å². The van der Waals surface area contributed by atoms with Crippen molar-refractivity contribution in [1.82, 2.24) is 19.6 Å². The zero-order valence-electron chi connectivity index (χ0n) is 57.1. The number of Topliss-reactive ketones (excluding diaryl/α,β-unsaturated/α-hetero) is 5. The molecule has 0 aliphatic carbocycles. The Kier molecular flexibility index (Phi) is 33.8. The van der Waals surface area contributed by atoms with E-state index in [1.165, 1.54) is 51.4 Å². The van der Waals surface area contributed by atoms with Gasteiger partial charge in [-0.2, -0.15) is 0 Å². The van der Waals surface area contributed by atoms with E-state index in [0.29, 0.717) is 31.8 Å². The van der Waals surface area contributed by atoms with Gasteiger partial charge in [-0.25, -0.2) is 19.2 Å². The Hall–Kier alpha value is -5.74. The number of amides is 4. The number of allylic oxidation sites excluding steroid dienone is 1. The van der Waals surface area contributed by atoms with Crippen LogP contribution in [-0.4, -0.2) is 168 Å². The van der Waals surface area contributed by atoms with Gasteiger partial charge in [-0.15, -0.1) is 0 Å². The van der Waals surface area contributed by atoms with E-state index in [1.807, 2.05) is 54.5 Å². The van der Waals surface area contributed by atoms with Crippen molar-refractivity contribution in [2.45, 2.75) is 224 Å². The Labute approximate surface area is 562 Å². The number of halogens is 1. The van der Waals surface area contributed by atoms with Gasteiger partial charge in [0.25, 0.3) is 0 Å². The maximum Gasteiger partial charge on any atom is 1.00 e.